The first-order valence-electron chi connectivity index (χ1n) is 8.47. The molecule has 1 atom stereocenters. The molecule has 1 saturated heterocycles. The standard InChI is InChI=1S/C18H23N3O4S/c1-13-10-15(24-2)6-7-17(13)26(22,23)21-14-5-8-18(19-11-14)20-12-16-4-3-9-25-16/h5-8,10-11,16,21H,3-4,9,12H2,1-2H3,(H,19,20). The number of benzene rings is 1. The molecule has 8 heteroatoms. The smallest absolute Gasteiger partial charge is 0.262 e. The van der Waals surface area contributed by atoms with Crippen molar-refractivity contribution in [3.05, 3.63) is 42.1 Å². The highest BCUT2D eigenvalue weighted by atomic mass is 32.2. The molecule has 1 aliphatic rings. The summed E-state index contributed by atoms with van der Waals surface area (Å²) >= 11 is 0. The first-order chi connectivity index (χ1) is 12.5. The third-order valence-electron chi connectivity index (χ3n) is 4.22. The van der Waals surface area contributed by atoms with Gasteiger partial charge in [-0.05, 0) is 55.7 Å². The van der Waals surface area contributed by atoms with Gasteiger partial charge >= 0.3 is 0 Å². The van der Waals surface area contributed by atoms with E-state index in [4.69, 9.17) is 9.47 Å². The molecule has 140 valence electrons. The molecule has 26 heavy (non-hydrogen) atoms. The van der Waals surface area contributed by atoms with Gasteiger partial charge in [0.15, 0.2) is 0 Å². The van der Waals surface area contributed by atoms with Crippen molar-refractivity contribution >= 4 is 21.5 Å². The number of nitrogens with zero attached hydrogens (tertiary/aromatic N) is 1. The molecule has 0 bridgehead atoms. The Morgan fingerprint density at radius 1 is 1.31 bits per heavy atom. The summed E-state index contributed by atoms with van der Waals surface area (Å²) in [6.07, 6.45) is 3.85. The summed E-state index contributed by atoms with van der Waals surface area (Å²) in [7, 11) is -2.15. The van der Waals surface area contributed by atoms with Crippen molar-refractivity contribution in [1.82, 2.24) is 4.98 Å². The monoisotopic (exact) mass is 377 g/mol. The van der Waals surface area contributed by atoms with Crippen LogP contribution in [0.5, 0.6) is 5.75 Å². The highest BCUT2D eigenvalue weighted by Gasteiger charge is 2.18. The van der Waals surface area contributed by atoms with Gasteiger partial charge in [-0.1, -0.05) is 0 Å². The zero-order valence-corrected chi connectivity index (χ0v) is 15.7. The average Bonchev–Trinajstić information content (AvgIpc) is 3.14. The van der Waals surface area contributed by atoms with Gasteiger partial charge in [0.1, 0.15) is 11.6 Å². The Morgan fingerprint density at radius 3 is 2.77 bits per heavy atom. The Morgan fingerprint density at radius 2 is 2.15 bits per heavy atom. The molecule has 1 unspecified atom stereocenters. The van der Waals surface area contributed by atoms with Crippen molar-refractivity contribution in [3.8, 4) is 5.75 Å². The van der Waals surface area contributed by atoms with Crippen LogP contribution >= 0.6 is 0 Å². The number of methoxy groups -OCH3 is 1. The quantitative estimate of drug-likeness (QED) is 0.771. The van der Waals surface area contributed by atoms with Crippen LogP contribution < -0.4 is 14.8 Å². The predicted octanol–water partition coefficient (Wildman–Crippen LogP) is 2.79. The molecule has 2 aromatic rings. The fraction of sp³-hybridized carbons (Fsp3) is 0.389. The summed E-state index contributed by atoms with van der Waals surface area (Å²) in [4.78, 5) is 4.46. The molecule has 0 amide bonds. The van der Waals surface area contributed by atoms with Crippen molar-refractivity contribution in [2.24, 2.45) is 0 Å². The average molecular weight is 377 g/mol. The molecule has 1 aromatic carbocycles. The van der Waals surface area contributed by atoms with Crippen LogP contribution in [0.3, 0.4) is 0 Å². The van der Waals surface area contributed by atoms with Crippen LogP contribution in [-0.4, -0.2) is 39.8 Å². The van der Waals surface area contributed by atoms with E-state index in [1.54, 1.807) is 38.3 Å². The number of anilines is 2. The van der Waals surface area contributed by atoms with E-state index in [1.165, 1.54) is 12.3 Å². The Balaban J connectivity index is 1.65. The van der Waals surface area contributed by atoms with Crippen LogP contribution in [0.2, 0.25) is 0 Å². The van der Waals surface area contributed by atoms with E-state index >= 15 is 0 Å². The lowest BCUT2D eigenvalue weighted by Gasteiger charge is -2.13. The maximum Gasteiger partial charge on any atom is 0.262 e. The van der Waals surface area contributed by atoms with Gasteiger partial charge in [0, 0.05) is 13.2 Å². The van der Waals surface area contributed by atoms with Crippen molar-refractivity contribution < 1.29 is 17.9 Å². The van der Waals surface area contributed by atoms with E-state index in [-0.39, 0.29) is 11.0 Å². The topological polar surface area (TPSA) is 89.6 Å². The molecule has 7 nitrogen and oxygen atoms in total. The van der Waals surface area contributed by atoms with Gasteiger partial charge in [-0.2, -0.15) is 0 Å². The Hall–Kier alpha value is -2.32. The van der Waals surface area contributed by atoms with Gasteiger partial charge in [-0.25, -0.2) is 13.4 Å². The molecule has 0 aliphatic carbocycles. The van der Waals surface area contributed by atoms with Crippen LogP contribution in [0, 0.1) is 6.92 Å². The number of hydrogen-bond acceptors (Lipinski definition) is 6. The van der Waals surface area contributed by atoms with E-state index in [1.807, 2.05) is 0 Å². The number of hydrogen-bond donors (Lipinski definition) is 2. The second kappa shape index (κ2) is 7.92. The van der Waals surface area contributed by atoms with Gasteiger partial charge in [0.05, 0.1) is 30.0 Å². The third-order valence-corrected chi connectivity index (χ3v) is 5.76. The van der Waals surface area contributed by atoms with Gasteiger partial charge in [0.25, 0.3) is 10.0 Å². The number of pyridine rings is 1. The zero-order valence-electron chi connectivity index (χ0n) is 14.9. The molecule has 1 fully saturated rings. The lowest BCUT2D eigenvalue weighted by molar-refractivity contribution is 0.120. The minimum atomic E-state index is -3.69. The molecule has 2 heterocycles. The van der Waals surface area contributed by atoms with E-state index in [0.29, 0.717) is 29.4 Å². The Labute approximate surface area is 153 Å². The Bertz CT molecular complexity index is 847. The van der Waals surface area contributed by atoms with Crippen molar-refractivity contribution in [2.75, 3.05) is 30.3 Å². The summed E-state index contributed by atoms with van der Waals surface area (Å²) in [5.74, 6) is 1.30. The molecular weight excluding hydrogens is 354 g/mol. The number of aryl methyl sites for hydroxylation is 1. The maximum atomic E-state index is 12.6. The number of nitrogens with one attached hydrogen (secondary N) is 2. The molecule has 3 rings (SSSR count). The van der Waals surface area contributed by atoms with Crippen LogP contribution in [0.1, 0.15) is 18.4 Å². The Kier molecular flexibility index (Phi) is 5.63. The molecule has 1 aromatic heterocycles. The van der Waals surface area contributed by atoms with Crippen molar-refractivity contribution in [2.45, 2.75) is 30.8 Å². The second-order valence-corrected chi connectivity index (χ2v) is 7.84. The second-order valence-electron chi connectivity index (χ2n) is 6.18. The fourth-order valence-corrected chi connectivity index (χ4v) is 4.11. The van der Waals surface area contributed by atoms with E-state index < -0.39 is 10.0 Å². The summed E-state index contributed by atoms with van der Waals surface area (Å²) < 4.78 is 38.4. The van der Waals surface area contributed by atoms with Gasteiger partial charge in [-0.3, -0.25) is 4.72 Å². The van der Waals surface area contributed by atoms with Crippen molar-refractivity contribution in [3.63, 3.8) is 0 Å². The van der Waals surface area contributed by atoms with Crippen LogP contribution in [0.25, 0.3) is 0 Å². The van der Waals surface area contributed by atoms with Gasteiger partial charge < -0.3 is 14.8 Å². The largest absolute Gasteiger partial charge is 0.497 e. The summed E-state index contributed by atoms with van der Waals surface area (Å²) in [6.45, 7) is 3.24. The van der Waals surface area contributed by atoms with Gasteiger partial charge in [0.2, 0.25) is 0 Å². The lowest BCUT2D eigenvalue weighted by atomic mass is 10.2. The lowest BCUT2D eigenvalue weighted by Crippen LogP contribution is -2.19. The fourth-order valence-electron chi connectivity index (χ4n) is 2.84. The molecule has 0 spiro atoms. The molecule has 2 N–H and O–H groups in total. The highest BCUT2D eigenvalue weighted by molar-refractivity contribution is 7.92. The summed E-state index contributed by atoms with van der Waals surface area (Å²) in [6, 6.07) is 8.26. The number of aromatic nitrogens is 1. The highest BCUT2D eigenvalue weighted by Crippen LogP contribution is 2.23. The molecule has 0 saturated carbocycles. The summed E-state index contributed by atoms with van der Waals surface area (Å²) in [5.41, 5.74) is 1.02. The third kappa shape index (κ3) is 4.44. The zero-order chi connectivity index (χ0) is 18.6. The van der Waals surface area contributed by atoms with E-state index in [0.717, 1.165) is 19.4 Å². The predicted molar refractivity (Wildman–Crippen MR) is 100 cm³/mol. The van der Waals surface area contributed by atoms with Gasteiger partial charge in [-0.15, -0.1) is 0 Å². The normalized spacial score (nSPS) is 17.1. The first-order valence-corrected chi connectivity index (χ1v) is 9.95. The van der Waals surface area contributed by atoms with Crippen molar-refractivity contribution in [1.29, 1.82) is 0 Å². The molecule has 0 radical (unpaired) electrons. The van der Waals surface area contributed by atoms with E-state index in [9.17, 15) is 8.42 Å². The molecular formula is C18H23N3O4S. The summed E-state index contributed by atoms with van der Waals surface area (Å²) in [5, 5.41) is 3.20. The maximum absolute atomic E-state index is 12.6. The molecule has 1 aliphatic heterocycles. The minimum Gasteiger partial charge on any atom is -0.497 e. The van der Waals surface area contributed by atoms with Crippen LogP contribution in [0.15, 0.2) is 41.4 Å². The van der Waals surface area contributed by atoms with Crippen LogP contribution in [0.4, 0.5) is 11.5 Å². The first kappa shape index (κ1) is 18.5. The number of ether oxygens (including phenoxy) is 2. The SMILES string of the molecule is COc1ccc(S(=O)(=O)Nc2ccc(NCC3CCCO3)nc2)c(C)c1. The number of rotatable bonds is 7. The number of sulfonamides is 1. The van der Waals surface area contributed by atoms with Crippen LogP contribution in [-0.2, 0) is 14.8 Å². The minimum absolute atomic E-state index is 0.207. The van der Waals surface area contributed by atoms with E-state index in [2.05, 4.69) is 15.0 Å².